The van der Waals surface area contributed by atoms with Crippen LogP contribution in [0.25, 0.3) is 0 Å². The van der Waals surface area contributed by atoms with E-state index in [1.165, 1.54) is 27.1 Å². The molecule has 1 rings (SSSR count). The first-order valence-electron chi connectivity index (χ1n) is 12.3. The summed E-state index contributed by atoms with van der Waals surface area (Å²) in [4.78, 5) is 15.1. The molecule has 0 bridgehead atoms. The Morgan fingerprint density at radius 2 is 1.65 bits per heavy atom. The van der Waals surface area contributed by atoms with Crippen LogP contribution in [0.15, 0.2) is 11.6 Å². The molecule has 0 aromatic heterocycles. The SMILES string of the molecule is CCCCCCCCN(C(=O)OC(C)(C)C)[C@]1(C)C=C(CO)[C@H](O)C(OCOC)C1OCOC. The molecule has 4 atom stereocenters. The summed E-state index contributed by atoms with van der Waals surface area (Å²) in [6.45, 7) is 9.34. The Bertz CT molecular complexity index is 621. The third-order valence-corrected chi connectivity index (χ3v) is 5.90. The van der Waals surface area contributed by atoms with E-state index >= 15 is 0 Å². The lowest BCUT2D eigenvalue weighted by molar-refractivity contribution is -0.210. The summed E-state index contributed by atoms with van der Waals surface area (Å²) in [7, 11) is 2.98. The van der Waals surface area contributed by atoms with Crippen molar-refractivity contribution in [2.45, 2.75) is 103 Å². The van der Waals surface area contributed by atoms with Crippen molar-refractivity contribution in [3.63, 3.8) is 0 Å². The summed E-state index contributed by atoms with van der Waals surface area (Å²) in [6.07, 6.45) is 4.73. The second-order valence-electron chi connectivity index (χ2n) is 9.98. The Labute approximate surface area is 205 Å². The normalized spacial score (nSPS) is 25.2. The maximum absolute atomic E-state index is 13.4. The molecular formula is C25H47NO8. The van der Waals surface area contributed by atoms with Crippen molar-refractivity contribution < 1.29 is 38.7 Å². The molecule has 0 aliphatic heterocycles. The lowest BCUT2D eigenvalue weighted by Gasteiger charge is -2.50. The highest BCUT2D eigenvalue weighted by Gasteiger charge is 2.52. The maximum atomic E-state index is 13.4. The number of aliphatic hydroxyl groups excluding tert-OH is 2. The molecular weight excluding hydrogens is 442 g/mol. The molecule has 2 unspecified atom stereocenters. The third-order valence-electron chi connectivity index (χ3n) is 5.90. The largest absolute Gasteiger partial charge is 0.444 e. The van der Waals surface area contributed by atoms with E-state index in [0.717, 1.165) is 25.7 Å². The van der Waals surface area contributed by atoms with E-state index in [9.17, 15) is 15.0 Å². The molecule has 1 aliphatic rings. The average Bonchev–Trinajstić information content (AvgIpc) is 2.76. The highest BCUT2D eigenvalue weighted by molar-refractivity contribution is 5.70. The second-order valence-corrected chi connectivity index (χ2v) is 9.98. The van der Waals surface area contributed by atoms with Crippen LogP contribution in [0, 0.1) is 0 Å². The fourth-order valence-electron chi connectivity index (χ4n) is 4.25. The molecule has 0 fully saturated rings. The molecule has 0 aromatic carbocycles. The van der Waals surface area contributed by atoms with Crippen molar-refractivity contribution in [1.29, 1.82) is 0 Å². The minimum atomic E-state index is -1.13. The number of methoxy groups -OCH3 is 2. The molecule has 0 radical (unpaired) electrons. The number of carbonyl (C=O) groups is 1. The predicted molar refractivity (Wildman–Crippen MR) is 129 cm³/mol. The number of ether oxygens (including phenoxy) is 5. The number of unbranched alkanes of at least 4 members (excludes halogenated alkanes) is 5. The number of nitrogens with zero attached hydrogens (tertiary/aromatic N) is 1. The van der Waals surface area contributed by atoms with Crippen molar-refractivity contribution in [2.75, 3.05) is 41.0 Å². The molecule has 200 valence electrons. The van der Waals surface area contributed by atoms with E-state index in [1.807, 2.05) is 27.7 Å². The van der Waals surface area contributed by atoms with Gasteiger partial charge >= 0.3 is 6.09 Å². The molecule has 0 spiro atoms. The number of amides is 1. The van der Waals surface area contributed by atoms with Gasteiger partial charge in [-0.25, -0.2) is 4.79 Å². The molecule has 0 saturated carbocycles. The number of hydrogen-bond acceptors (Lipinski definition) is 8. The molecule has 0 saturated heterocycles. The van der Waals surface area contributed by atoms with Gasteiger partial charge in [0.15, 0.2) is 0 Å². The first-order chi connectivity index (χ1) is 16.1. The number of aliphatic hydroxyl groups is 2. The Hall–Kier alpha value is -1.23. The minimum absolute atomic E-state index is 0.0682. The number of carbonyl (C=O) groups excluding carboxylic acids is 1. The lowest BCUT2D eigenvalue weighted by Crippen LogP contribution is -2.66. The average molecular weight is 490 g/mol. The van der Waals surface area contributed by atoms with Crippen LogP contribution in [0.1, 0.15) is 73.1 Å². The molecule has 9 nitrogen and oxygen atoms in total. The molecule has 34 heavy (non-hydrogen) atoms. The highest BCUT2D eigenvalue weighted by Crippen LogP contribution is 2.37. The van der Waals surface area contributed by atoms with Gasteiger partial charge in [-0.15, -0.1) is 0 Å². The van der Waals surface area contributed by atoms with Crippen LogP contribution in [0.5, 0.6) is 0 Å². The van der Waals surface area contributed by atoms with Crippen LogP contribution in [-0.4, -0.2) is 91.6 Å². The molecule has 9 heteroatoms. The van der Waals surface area contributed by atoms with Crippen molar-refractivity contribution in [3.8, 4) is 0 Å². The summed E-state index contributed by atoms with van der Waals surface area (Å²) in [6, 6.07) is 0. The monoisotopic (exact) mass is 489 g/mol. The Morgan fingerprint density at radius 3 is 2.21 bits per heavy atom. The maximum Gasteiger partial charge on any atom is 0.411 e. The van der Waals surface area contributed by atoms with Crippen LogP contribution < -0.4 is 0 Å². The van der Waals surface area contributed by atoms with Crippen LogP contribution in [0.3, 0.4) is 0 Å². The Kier molecular flexibility index (Phi) is 13.6. The quantitative estimate of drug-likeness (QED) is 0.204. The molecule has 1 amide bonds. The zero-order valence-electron chi connectivity index (χ0n) is 22.2. The van der Waals surface area contributed by atoms with Gasteiger partial charge in [0.25, 0.3) is 0 Å². The lowest BCUT2D eigenvalue weighted by atomic mass is 9.77. The summed E-state index contributed by atoms with van der Waals surface area (Å²) < 4.78 is 27.8. The summed E-state index contributed by atoms with van der Waals surface area (Å²) in [5.74, 6) is 0. The van der Waals surface area contributed by atoms with Gasteiger partial charge in [-0.3, -0.25) is 4.90 Å². The summed E-state index contributed by atoms with van der Waals surface area (Å²) in [5, 5.41) is 20.9. The zero-order chi connectivity index (χ0) is 25.8. The van der Waals surface area contributed by atoms with E-state index in [1.54, 1.807) is 11.0 Å². The molecule has 0 heterocycles. The minimum Gasteiger partial charge on any atom is -0.444 e. The van der Waals surface area contributed by atoms with E-state index < -0.39 is 35.5 Å². The van der Waals surface area contributed by atoms with Crippen molar-refractivity contribution in [1.82, 2.24) is 4.90 Å². The molecule has 2 N–H and O–H groups in total. The van der Waals surface area contributed by atoms with Gasteiger partial charge < -0.3 is 33.9 Å². The van der Waals surface area contributed by atoms with Crippen molar-refractivity contribution >= 4 is 6.09 Å². The fourth-order valence-corrected chi connectivity index (χ4v) is 4.25. The smallest absolute Gasteiger partial charge is 0.411 e. The van der Waals surface area contributed by atoms with E-state index in [-0.39, 0.29) is 20.2 Å². The van der Waals surface area contributed by atoms with Gasteiger partial charge in [0.2, 0.25) is 0 Å². The topological polar surface area (TPSA) is 107 Å². The standard InChI is InChI=1S/C25H47NO8/c1-8-9-10-11-12-13-14-26(23(29)34-24(2,3)4)25(5)15-19(16-27)20(28)21(32-17-30-6)22(25)33-18-31-7/h15,20-22,27-28H,8-14,16-18H2,1-7H3/t20-,21?,22?,25+/m0/s1. The van der Waals surface area contributed by atoms with E-state index in [4.69, 9.17) is 23.7 Å². The Balaban J connectivity index is 3.36. The Morgan fingerprint density at radius 1 is 1.06 bits per heavy atom. The number of hydrogen-bond donors (Lipinski definition) is 2. The fraction of sp³-hybridized carbons (Fsp3) is 0.880. The van der Waals surface area contributed by atoms with Gasteiger partial charge in [0, 0.05) is 20.8 Å². The molecule has 0 aromatic rings. The van der Waals surface area contributed by atoms with Crippen LogP contribution in [0.4, 0.5) is 4.79 Å². The highest BCUT2D eigenvalue weighted by atomic mass is 16.7. The summed E-state index contributed by atoms with van der Waals surface area (Å²) in [5.41, 5.74) is -1.43. The van der Waals surface area contributed by atoms with Gasteiger partial charge in [-0.1, -0.05) is 45.1 Å². The second kappa shape index (κ2) is 15.0. The van der Waals surface area contributed by atoms with Crippen LogP contribution in [-0.2, 0) is 23.7 Å². The van der Waals surface area contributed by atoms with Crippen LogP contribution in [0.2, 0.25) is 0 Å². The third kappa shape index (κ3) is 9.09. The molecule has 1 aliphatic carbocycles. The number of rotatable bonds is 15. The van der Waals surface area contributed by atoms with Crippen LogP contribution >= 0.6 is 0 Å². The first-order valence-corrected chi connectivity index (χ1v) is 12.3. The van der Waals surface area contributed by atoms with Gasteiger partial charge in [-0.05, 0) is 39.7 Å². The summed E-state index contributed by atoms with van der Waals surface area (Å²) >= 11 is 0. The van der Waals surface area contributed by atoms with Crippen molar-refractivity contribution in [2.24, 2.45) is 0 Å². The van der Waals surface area contributed by atoms with Gasteiger partial charge in [-0.2, -0.15) is 0 Å². The van der Waals surface area contributed by atoms with E-state index in [2.05, 4.69) is 6.92 Å². The van der Waals surface area contributed by atoms with Crippen molar-refractivity contribution in [3.05, 3.63) is 11.6 Å². The predicted octanol–water partition coefficient (Wildman–Crippen LogP) is 3.61. The first kappa shape index (κ1) is 30.8. The van der Waals surface area contributed by atoms with Gasteiger partial charge in [0.05, 0.1) is 12.1 Å². The van der Waals surface area contributed by atoms with Gasteiger partial charge in [0.1, 0.15) is 37.5 Å². The zero-order valence-corrected chi connectivity index (χ0v) is 22.2. The van der Waals surface area contributed by atoms with E-state index in [0.29, 0.717) is 12.1 Å².